The summed E-state index contributed by atoms with van der Waals surface area (Å²) in [5, 5.41) is 26.6. The van der Waals surface area contributed by atoms with E-state index in [9.17, 15) is 19.8 Å². The van der Waals surface area contributed by atoms with E-state index in [-0.39, 0.29) is 49.6 Å². The fourth-order valence-corrected chi connectivity index (χ4v) is 11.0. The van der Waals surface area contributed by atoms with E-state index in [1.807, 2.05) is 34.7 Å². The minimum absolute atomic E-state index is 0.00999. The van der Waals surface area contributed by atoms with Gasteiger partial charge in [-0.2, -0.15) is 0 Å². The highest BCUT2D eigenvalue weighted by atomic mass is 16.7. The molecule has 4 rings (SSSR count). The number of methoxy groups -OCH3 is 3. The van der Waals surface area contributed by atoms with E-state index in [2.05, 4.69) is 17.0 Å². The van der Waals surface area contributed by atoms with Crippen LogP contribution in [0.5, 0.6) is 0 Å². The number of nitrogens with zero attached hydrogens (tertiary/aromatic N) is 2. The molecule has 4 aliphatic rings. The van der Waals surface area contributed by atoms with Gasteiger partial charge in [0.05, 0.1) is 61.8 Å². The van der Waals surface area contributed by atoms with Crippen molar-refractivity contribution in [1.29, 1.82) is 0 Å². The Kier molecular flexibility index (Phi) is 23.8. The number of esters is 2. The average molecular weight is 1050 g/mol. The number of hydrogen-bond acceptors (Lipinski definition) is 21. The quantitative estimate of drug-likeness (QED) is 0.124. The van der Waals surface area contributed by atoms with E-state index < -0.39 is 145 Å². The Balaban J connectivity index is 1.96. The van der Waals surface area contributed by atoms with Crippen molar-refractivity contribution in [1.82, 2.24) is 4.90 Å². The fraction of sp³-hybridized carbons (Fsp3) is 0.904. The van der Waals surface area contributed by atoms with Crippen LogP contribution in [-0.2, 0) is 76.1 Å². The molecule has 0 spiro atoms. The van der Waals surface area contributed by atoms with Gasteiger partial charge in [-0.3, -0.25) is 14.4 Å². The van der Waals surface area contributed by atoms with Crippen LogP contribution < -0.4 is 0 Å². The zero-order chi connectivity index (χ0) is 54.8. The summed E-state index contributed by atoms with van der Waals surface area (Å²) in [5.74, 6) is -7.38. The third kappa shape index (κ3) is 16.0. The van der Waals surface area contributed by atoms with Crippen molar-refractivity contribution in [2.24, 2.45) is 46.6 Å². The number of ketones is 1. The topological polar surface area (TPSA) is 244 Å². The number of likely N-dealkylation sites (N-methyl/N-ethyl adjacent to an activating group) is 1. The first-order valence-corrected chi connectivity index (χ1v) is 26.0. The maximum atomic E-state index is 15.4. The second-order valence-electron chi connectivity index (χ2n) is 21.8. The molecule has 1 unspecified atom stereocenters. The molecule has 21 heteroatoms. The van der Waals surface area contributed by atoms with Gasteiger partial charge in [-0.05, 0) is 66.8 Å². The van der Waals surface area contributed by atoms with E-state index in [0.29, 0.717) is 13.0 Å². The van der Waals surface area contributed by atoms with Gasteiger partial charge in [0.2, 0.25) is 0 Å². The summed E-state index contributed by atoms with van der Waals surface area (Å²) in [7, 11) is 7.41. The summed E-state index contributed by atoms with van der Waals surface area (Å²) in [5.41, 5.74) is -1.68. The molecule has 0 aromatic carbocycles. The molecule has 422 valence electrons. The summed E-state index contributed by atoms with van der Waals surface area (Å²) in [6, 6.07) is 0.0182. The van der Waals surface area contributed by atoms with Gasteiger partial charge in [-0.1, -0.05) is 53.6 Å². The Morgan fingerprint density at radius 1 is 0.808 bits per heavy atom. The predicted molar refractivity (Wildman–Crippen MR) is 264 cm³/mol. The molecule has 4 saturated heterocycles. The molecule has 0 aromatic heterocycles. The van der Waals surface area contributed by atoms with E-state index in [1.165, 1.54) is 28.3 Å². The van der Waals surface area contributed by atoms with Gasteiger partial charge >= 0.3 is 18.1 Å². The molecule has 0 amide bonds. The van der Waals surface area contributed by atoms with Crippen molar-refractivity contribution in [2.45, 2.75) is 213 Å². The van der Waals surface area contributed by atoms with Crippen LogP contribution in [0.3, 0.4) is 0 Å². The molecule has 73 heavy (non-hydrogen) atoms. The number of ether oxygens (including phenoxy) is 12. The Hall–Kier alpha value is -3.09. The number of carbonyl (C=O) groups excluding carboxylic acids is 4. The van der Waals surface area contributed by atoms with Gasteiger partial charge in [-0.15, -0.1) is 0 Å². The molecule has 0 aromatic rings. The minimum Gasteiger partial charge on any atom is -0.461 e. The molecular weight excluding hydrogens is 957 g/mol. The Labute approximate surface area is 433 Å². The van der Waals surface area contributed by atoms with Crippen molar-refractivity contribution in [3.8, 4) is 0 Å². The van der Waals surface area contributed by atoms with Crippen molar-refractivity contribution in [3.63, 3.8) is 0 Å². The lowest BCUT2D eigenvalue weighted by molar-refractivity contribution is -0.305. The first kappa shape index (κ1) is 62.4. The predicted octanol–water partition coefficient (Wildman–Crippen LogP) is 5.06. The lowest BCUT2D eigenvalue weighted by atomic mass is 9.74. The monoisotopic (exact) mass is 1050 g/mol. The summed E-state index contributed by atoms with van der Waals surface area (Å²) in [4.78, 5) is 65.1. The van der Waals surface area contributed by atoms with Gasteiger partial charge in [0.15, 0.2) is 30.3 Å². The van der Waals surface area contributed by atoms with Crippen LogP contribution in [0, 0.1) is 41.4 Å². The molecule has 4 fully saturated rings. The molecule has 2 N–H and O–H groups in total. The minimum atomic E-state index is -1.96. The van der Waals surface area contributed by atoms with E-state index in [1.54, 1.807) is 48.5 Å². The van der Waals surface area contributed by atoms with Gasteiger partial charge < -0.3 is 76.8 Å². The molecule has 0 saturated carbocycles. The number of cyclic esters (lactones) is 1. The van der Waals surface area contributed by atoms with Gasteiger partial charge in [-0.25, -0.2) is 4.79 Å². The summed E-state index contributed by atoms with van der Waals surface area (Å²) < 4.78 is 74.4. The van der Waals surface area contributed by atoms with Crippen molar-refractivity contribution in [3.05, 3.63) is 0 Å². The van der Waals surface area contributed by atoms with Crippen molar-refractivity contribution < 1.29 is 91.1 Å². The molecule has 22 atom stereocenters. The lowest BCUT2D eigenvalue weighted by Crippen LogP contribution is -2.59. The van der Waals surface area contributed by atoms with Gasteiger partial charge in [0.25, 0.3) is 0 Å². The van der Waals surface area contributed by atoms with Gasteiger partial charge in [0.1, 0.15) is 43.7 Å². The lowest BCUT2D eigenvalue weighted by Gasteiger charge is -2.45. The highest BCUT2D eigenvalue weighted by Gasteiger charge is 2.53. The second kappa shape index (κ2) is 27.8. The van der Waals surface area contributed by atoms with Crippen LogP contribution in [0.25, 0.3) is 0 Å². The number of Topliss-reactive ketones (excluding diaryl/α,β-unsaturated/α-hetero) is 1. The summed E-state index contributed by atoms with van der Waals surface area (Å²) in [6.45, 7) is 23.6. The third-order valence-electron chi connectivity index (χ3n) is 15.1. The number of oxime groups is 1. The maximum absolute atomic E-state index is 15.4. The second-order valence-corrected chi connectivity index (χ2v) is 21.8. The van der Waals surface area contributed by atoms with E-state index in [0.717, 1.165) is 7.11 Å². The van der Waals surface area contributed by atoms with Crippen molar-refractivity contribution >= 4 is 29.6 Å². The van der Waals surface area contributed by atoms with Crippen LogP contribution in [0.4, 0.5) is 4.79 Å². The normalized spacial score (nSPS) is 41.8. The van der Waals surface area contributed by atoms with Crippen molar-refractivity contribution in [2.75, 3.05) is 48.6 Å². The standard InChI is InChI=1S/C52H90N2O19/c1-25(2)19-37(55)69-43-32(9)42(27(4)24-65-50-46(62-16)45(61-15)39(56)35(12)68-50)71-48(59)34(11)44(70-38-20-28(5)54(14)23-30(7)66-38)31(8)41(72-49-40(57)36(53-64-18)21-29(6)67-49)26(3)22-52(13,47(58)33(43)10)73-51(60)63-17/h25-35,38-46,49-50,56-57H,19-24H2,1-18H3/b53-36+/t26-,27-,28?,29+,30-,31+,32-,33+,34+,35+,38-,39+,40+,41-,42+,43+,44-,45+,46+,49-,50+,52-/m0/s1. The van der Waals surface area contributed by atoms with Crippen LogP contribution in [-0.4, -0.2) is 191 Å². The molecular formula is C52H90N2O19. The molecule has 0 aliphatic carbocycles. The zero-order valence-corrected chi connectivity index (χ0v) is 46.7. The Morgan fingerprint density at radius 3 is 2.07 bits per heavy atom. The Bertz CT molecular complexity index is 1810. The van der Waals surface area contributed by atoms with E-state index in [4.69, 9.17) is 61.7 Å². The van der Waals surface area contributed by atoms with Crippen LogP contribution in [0.15, 0.2) is 5.16 Å². The smallest absolute Gasteiger partial charge is 0.461 e. The number of aliphatic hydroxyl groups is 2. The highest BCUT2D eigenvalue weighted by molar-refractivity contribution is 5.91. The van der Waals surface area contributed by atoms with Crippen LogP contribution in [0.2, 0.25) is 0 Å². The largest absolute Gasteiger partial charge is 0.508 e. The molecule has 4 aliphatic heterocycles. The molecule has 4 heterocycles. The number of aliphatic hydroxyl groups excluding tert-OH is 2. The SMILES string of the molecule is CO/N=C1\C[C@@H](C)O[C@@H](O[C@@H]2[C@@H](C)[C@H](O[C@H]3CC(C)N(C)C[C@H](C)O3)[C@@H](C)C(=O)O[C@H]([C@@H](C)CO[C@@H]3O[C@H](C)[C@@H](O)[C@@H](OC)[C@H]3OC)[C@H](C)[C@@H](OC(=O)CC(C)C)[C@@H](C)C(=O)[C@@](C)(OC(=O)OC)C[C@@H]2C)[C@@H]1O. The number of hydrogen-bond donors (Lipinski definition) is 2. The first-order chi connectivity index (χ1) is 34.2. The molecule has 0 bridgehead atoms. The van der Waals surface area contributed by atoms with Gasteiger partial charge in [0, 0.05) is 63.8 Å². The first-order valence-electron chi connectivity index (χ1n) is 26.0. The molecule has 0 radical (unpaired) electrons. The highest BCUT2D eigenvalue weighted by Crippen LogP contribution is 2.40. The average Bonchev–Trinajstić information content (AvgIpc) is 3.44. The third-order valence-corrected chi connectivity index (χ3v) is 15.1. The zero-order valence-electron chi connectivity index (χ0n) is 46.7. The maximum Gasteiger partial charge on any atom is 0.508 e. The molecule has 21 nitrogen and oxygen atoms in total. The van der Waals surface area contributed by atoms with Crippen LogP contribution in [0.1, 0.15) is 116 Å². The van der Waals surface area contributed by atoms with Crippen LogP contribution >= 0.6 is 0 Å². The van der Waals surface area contributed by atoms with E-state index >= 15 is 9.59 Å². The fourth-order valence-electron chi connectivity index (χ4n) is 11.0. The number of rotatable bonds is 15. The number of carbonyl (C=O) groups is 4. The Morgan fingerprint density at radius 2 is 1.47 bits per heavy atom. The summed E-state index contributed by atoms with van der Waals surface area (Å²) in [6.07, 6.45) is -13.7. The summed E-state index contributed by atoms with van der Waals surface area (Å²) >= 11 is 0.